The third-order valence-corrected chi connectivity index (χ3v) is 5.75. The van der Waals surface area contributed by atoms with Gasteiger partial charge in [-0.25, -0.2) is 0 Å². The molecule has 2 unspecified atom stereocenters. The van der Waals surface area contributed by atoms with Gasteiger partial charge in [0, 0.05) is 18.9 Å². The Labute approximate surface area is 200 Å². The molecule has 0 saturated heterocycles. The van der Waals surface area contributed by atoms with E-state index in [4.69, 9.17) is 14.2 Å². The molecule has 0 aliphatic carbocycles. The highest BCUT2D eigenvalue weighted by molar-refractivity contribution is 5.95. The van der Waals surface area contributed by atoms with Crippen LogP contribution in [0.15, 0.2) is 60.9 Å². The number of rotatable bonds is 8. The molecule has 0 saturated carbocycles. The van der Waals surface area contributed by atoms with Crippen molar-refractivity contribution in [2.45, 2.75) is 19.4 Å². The first-order valence-corrected chi connectivity index (χ1v) is 11.4. The molecule has 2 heterocycles. The number of amides is 1. The van der Waals surface area contributed by atoms with Crippen LogP contribution in [0, 0.1) is 5.92 Å². The van der Waals surface area contributed by atoms with Gasteiger partial charge in [-0.05, 0) is 86.6 Å². The van der Waals surface area contributed by atoms with Crippen molar-refractivity contribution >= 4 is 11.6 Å². The van der Waals surface area contributed by atoms with Crippen LogP contribution in [0.1, 0.15) is 12.5 Å². The first-order chi connectivity index (χ1) is 16.4. The van der Waals surface area contributed by atoms with E-state index in [1.165, 1.54) is 0 Å². The molecular formula is C27H31N3O4. The summed E-state index contributed by atoms with van der Waals surface area (Å²) in [5, 5.41) is 3.08. The molecule has 34 heavy (non-hydrogen) atoms. The van der Waals surface area contributed by atoms with Crippen molar-refractivity contribution in [3.63, 3.8) is 0 Å². The number of ether oxygens (including phenoxy) is 3. The van der Waals surface area contributed by atoms with Crippen molar-refractivity contribution in [1.82, 2.24) is 9.88 Å². The molecule has 0 spiro atoms. The monoisotopic (exact) mass is 461 g/mol. The number of fused-ring (bicyclic) bond motifs is 1. The number of aromatic nitrogens is 1. The van der Waals surface area contributed by atoms with Gasteiger partial charge in [0.1, 0.15) is 30.0 Å². The predicted octanol–water partition coefficient (Wildman–Crippen LogP) is 4.28. The molecular weight excluding hydrogens is 430 g/mol. The van der Waals surface area contributed by atoms with Crippen molar-refractivity contribution in [3.05, 3.63) is 66.5 Å². The standard InChI is InChI=1S/C27H31N3O4/c1-18(16-30(2)3)34-26-15-20(19-9-11-28-12-10-19)5-7-24(26)29-27(31)22-13-21-14-23(32-4)6-8-25(21)33-17-22/h5-12,14-15,18,22H,13,16-17H2,1-4H3,(H,29,31). The molecule has 1 N–H and O–H groups in total. The molecule has 3 aromatic rings. The van der Waals surface area contributed by atoms with E-state index in [1.54, 1.807) is 19.5 Å². The van der Waals surface area contributed by atoms with Gasteiger partial charge in [-0.3, -0.25) is 9.78 Å². The summed E-state index contributed by atoms with van der Waals surface area (Å²) in [7, 11) is 5.64. The van der Waals surface area contributed by atoms with Gasteiger partial charge >= 0.3 is 0 Å². The number of nitrogens with one attached hydrogen (secondary N) is 1. The van der Waals surface area contributed by atoms with Gasteiger partial charge in [-0.2, -0.15) is 0 Å². The Morgan fingerprint density at radius 3 is 2.68 bits per heavy atom. The summed E-state index contributed by atoms with van der Waals surface area (Å²) in [6.45, 7) is 3.10. The third kappa shape index (κ3) is 5.66. The summed E-state index contributed by atoms with van der Waals surface area (Å²) in [4.78, 5) is 19.4. The fourth-order valence-electron chi connectivity index (χ4n) is 4.12. The van der Waals surface area contributed by atoms with Gasteiger partial charge in [0.2, 0.25) is 5.91 Å². The molecule has 1 aliphatic heterocycles. The SMILES string of the molecule is COc1ccc2c(c1)CC(C(=O)Nc1ccc(-c3ccncc3)cc1OC(C)CN(C)C)CO2. The fourth-order valence-corrected chi connectivity index (χ4v) is 4.12. The van der Waals surface area contributed by atoms with Crippen LogP contribution in [0.2, 0.25) is 0 Å². The summed E-state index contributed by atoms with van der Waals surface area (Å²) < 4.78 is 17.4. The number of pyridine rings is 1. The average molecular weight is 462 g/mol. The van der Waals surface area contributed by atoms with E-state index in [2.05, 4.69) is 15.2 Å². The average Bonchev–Trinajstić information content (AvgIpc) is 2.84. The number of hydrogen-bond donors (Lipinski definition) is 1. The van der Waals surface area contributed by atoms with Crippen molar-refractivity contribution in [1.29, 1.82) is 0 Å². The van der Waals surface area contributed by atoms with Crippen molar-refractivity contribution < 1.29 is 19.0 Å². The normalized spacial score (nSPS) is 15.7. The molecule has 178 valence electrons. The molecule has 7 heteroatoms. The molecule has 0 radical (unpaired) electrons. The summed E-state index contributed by atoms with van der Waals surface area (Å²) in [5.74, 6) is 1.77. The van der Waals surface area contributed by atoms with E-state index < -0.39 is 0 Å². The second-order valence-electron chi connectivity index (χ2n) is 8.81. The number of nitrogens with zero attached hydrogens (tertiary/aromatic N) is 2. The maximum absolute atomic E-state index is 13.2. The third-order valence-electron chi connectivity index (χ3n) is 5.75. The Kier molecular flexibility index (Phi) is 7.33. The van der Waals surface area contributed by atoms with Crippen LogP contribution in [-0.2, 0) is 11.2 Å². The molecule has 2 atom stereocenters. The molecule has 0 bridgehead atoms. The van der Waals surface area contributed by atoms with E-state index in [-0.39, 0.29) is 17.9 Å². The zero-order valence-electron chi connectivity index (χ0n) is 20.1. The summed E-state index contributed by atoms with van der Waals surface area (Å²) >= 11 is 0. The Balaban J connectivity index is 1.55. The predicted molar refractivity (Wildman–Crippen MR) is 133 cm³/mol. The van der Waals surface area contributed by atoms with Crippen LogP contribution in [0.4, 0.5) is 5.69 Å². The second-order valence-corrected chi connectivity index (χ2v) is 8.81. The lowest BCUT2D eigenvalue weighted by atomic mass is 9.95. The lowest BCUT2D eigenvalue weighted by Crippen LogP contribution is -2.33. The first kappa shape index (κ1) is 23.6. The van der Waals surface area contributed by atoms with Crippen LogP contribution in [0.5, 0.6) is 17.2 Å². The maximum atomic E-state index is 13.2. The Morgan fingerprint density at radius 1 is 1.15 bits per heavy atom. The first-order valence-electron chi connectivity index (χ1n) is 11.4. The zero-order chi connectivity index (χ0) is 24.1. The number of anilines is 1. The number of carbonyl (C=O) groups excluding carboxylic acids is 1. The number of benzene rings is 2. The van der Waals surface area contributed by atoms with Crippen LogP contribution in [-0.4, -0.2) is 56.3 Å². The summed E-state index contributed by atoms with van der Waals surface area (Å²) in [6.07, 6.45) is 4.04. The quantitative estimate of drug-likeness (QED) is 0.540. The summed E-state index contributed by atoms with van der Waals surface area (Å²) in [6, 6.07) is 15.4. The highest BCUT2D eigenvalue weighted by Crippen LogP contribution is 2.34. The highest BCUT2D eigenvalue weighted by atomic mass is 16.5. The number of likely N-dealkylation sites (N-methyl/N-ethyl adjacent to an activating group) is 1. The molecule has 1 amide bonds. The summed E-state index contributed by atoms with van der Waals surface area (Å²) in [5.41, 5.74) is 3.64. The zero-order valence-corrected chi connectivity index (χ0v) is 20.1. The minimum atomic E-state index is -0.313. The number of methoxy groups -OCH3 is 1. The topological polar surface area (TPSA) is 72.9 Å². The van der Waals surface area contributed by atoms with E-state index in [0.29, 0.717) is 24.5 Å². The van der Waals surface area contributed by atoms with Crippen molar-refractivity contribution in [3.8, 4) is 28.4 Å². The van der Waals surface area contributed by atoms with Gasteiger partial charge < -0.3 is 24.4 Å². The smallest absolute Gasteiger partial charge is 0.231 e. The second kappa shape index (κ2) is 10.6. The number of hydrogen-bond acceptors (Lipinski definition) is 6. The maximum Gasteiger partial charge on any atom is 0.231 e. The molecule has 0 fully saturated rings. The van der Waals surface area contributed by atoms with Gasteiger partial charge in [-0.15, -0.1) is 0 Å². The van der Waals surface area contributed by atoms with Crippen molar-refractivity contribution in [2.24, 2.45) is 5.92 Å². The molecule has 1 aliphatic rings. The lowest BCUT2D eigenvalue weighted by molar-refractivity contribution is -0.121. The highest BCUT2D eigenvalue weighted by Gasteiger charge is 2.27. The van der Waals surface area contributed by atoms with E-state index in [1.807, 2.05) is 69.6 Å². The lowest BCUT2D eigenvalue weighted by Gasteiger charge is -2.26. The molecule has 4 rings (SSSR count). The molecule has 2 aromatic carbocycles. The minimum Gasteiger partial charge on any atom is -0.497 e. The van der Waals surface area contributed by atoms with Crippen molar-refractivity contribution in [2.75, 3.05) is 39.7 Å². The van der Waals surface area contributed by atoms with Crippen LogP contribution < -0.4 is 19.5 Å². The van der Waals surface area contributed by atoms with Gasteiger partial charge in [0.15, 0.2) is 0 Å². The Hall–Kier alpha value is -3.58. The van der Waals surface area contributed by atoms with Gasteiger partial charge in [0.25, 0.3) is 0 Å². The van der Waals surface area contributed by atoms with E-state index in [0.717, 1.165) is 34.7 Å². The van der Waals surface area contributed by atoms with Crippen LogP contribution in [0.3, 0.4) is 0 Å². The van der Waals surface area contributed by atoms with Crippen LogP contribution >= 0.6 is 0 Å². The molecule has 7 nitrogen and oxygen atoms in total. The Morgan fingerprint density at radius 2 is 1.94 bits per heavy atom. The van der Waals surface area contributed by atoms with Gasteiger partial charge in [-0.1, -0.05) is 6.07 Å². The minimum absolute atomic E-state index is 0.0595. The van der Waals surface area contributed by atoms with E-state index in [9.17, 15) is 4.79 Å². The van der Waals surface area contributed by atoms with E-state index >= 15 is 0 Å². The Bertz CT molecular complexity index is 1130. The largest absolute Gasteiger partial charge is 0.497 e. The molecule has 1 aromatic heterocycles. The number of carbonyl (C=O) groups is 1. The van der Waals surface area contributed by atoms with Gasteiger partial charge in [0.05, 0.1) is 18.7 Å². The fraction of sp³-hybridized carbons (Fsp3) is 0.333. The van der Waals surface area contributed by atoms with Crippen LogP contribution in [0.25, 0.3) is 11.1 Å².